The first-order valence-electron chi connectivity index (χ1n) is 5.25. The minimum absolute atomic E-state index is 0.809. The Bertz CT molecular complexity index is 115. The molecule has 0 aliphatic rings. The maximum Gasteiger partial charge on any atom is 0.00699 e. The standard InChI is InChI=1S/C11H23BrS/c1-5-10(4)7-13-8-11(6-12)9(2)3/h9-11H,5-8H2,1-4H3. The summed E-state index contributed by atoms with van der Waals surface area (Å²) in [6.07, 6.45) is 1.31. The van der Waals surface area contributed by atoms with E-state index in [1.54, 1.807) is 0 Å². The molecule has 0 rings (SSSR count). The summed E-state index contributed by atoms with van der Waals surface area (Å²) in [5.41, 5.74) is 0. The van der Waals surface area contributed by atoms with Gasteiger partial charge in [-0.25, -0.2) is 0 Å². The number of thioether (sulfide) groups is 1. The lowest BCUT2D eigenvalue weighted by Crippen LogP contribution is -2.14. The fourth-order valence-corrected chi connectivity index (χ4v) is 3.81. The van der Waals surface area contributed by atoms with E-state index in [9.17, 15) is 0 Å². The van der Waals surface area contributed by atoms with Gasteiger partial charge in [0.05, 0.1) is 0 Å². The molecule has 2 heteroatoms. The van der Waals surface area contributed by atoms with Gasteiger partial charge in [0.15, 0.2) is 0 Å². The Morgan fingerprint density at radius 2 is 1.77 bits per heavy atom. The molecule has 0 heterocycles. The molecule has 0 aromatic heterocycles. The van der Waals surface area contributed by atoms with Crippen LogP contribution in [0.4, 0.5) is 0 Å². The summed E-state index contributed by atoms with van der Waals surface area (Å²) in [5.74, 6) is 5.17. The van der Waals surface area contributed by atoms with Crippen LogP contribution in [0.5, 0.6) is 0 Å². The van der Waals surface area contributed by atoms with Crippen molar-refractivity contribution in [2.24, 2.45) is 17.8 Å². The number of hydrogen-bond acceptors (Lipinski definition) is 1. The van der Waals surface area contributed by atoms with Gasteiger partial charge in [-0.05, 0) is 29.3 Å². The van der Waals surface area contributed by atoms with Crippen LogP contribution in [0, 0.1) is 17.8 Å². The zero-order valence-corrected chi connectivity index (χ0v) is 11.7. The van der Waals surface area contributed by atoms with E-state index in [1.165, 1.54) is 17.9 Å². The molecule has 0 saturated carbocycles. The van der Waals surface area contributed by atoms with E-state index < -0.39 is 0 Å². The third-order valence-corrected chi connectivity index (χ3v) is 4.87. The average molecular weight is 267 g/mol. The normalized spacial score (nSPS) is 16.2. The maximum absolute atomic E-state index is 3.59. The monoisotopic (exact) mass is 266 g/mol. The lowest BCUT2D eigenvalue weighted by atomic mass is 10.0. The van der Waals surface area contributed by atoms with Crippen LogP contribution >= 0.6 is 27.7 Å². The van der Waals surface area contributed by atoms with Crippen LogP contribution in [-0.4, -0.2) is 16.8 Å². The van der Waals surface area contributed by atoms with E-state index in [0.29, 0.717) is 0 Å². The minimum atomic E-state index is 0.809. The molecule has 0 aliphatic heterocycles. The highest BCUT2D eigenvalue weighted by molar-refractivity contribution is 9.09. The summed E-state index contributed by atoms with van der Waals surface area (Å²) in [7, 11) is 0. The van der Waals surface area contributed by atoms with Gasteiger partial charge in [-0.15, -0.1) is 0 Å². The van der Waals surface area contributed by atoms with Gasteiger partial charge in [-0.1, -0.05) is 50.0 Å². The molecule has 0 radical (unpaired) electrons. The van der Waals surface area contributed by atoms with Crippen molar-refractivity contribution >= 4 is 27.7 Å². The summed E-state index contributed by atoms with van der Waals surface area (Å²) >= 11 is 5.70. The predicted octanol–water partition coefficient (Wildman–Crippen LogP) is 4.43. The number of hydrogen-bond donors (Lipinski definition) is 0. The molecule has 2 unspecified atom stereocenters. The molecule has 13 heavy (non-hydrogen) atoms. The van der Waals surface area contributed by atoms with Gasteiger partial charge in [0.2, 0.25) is 0 Å². The van der Waals surface area contributed by atoms with Crippen LogP contribution in [0.3, 0.4) is 0 Å². The van der Waals surface area contributed by atoms with Gasteiger partial charge >= 0.3 is 0 Å². The molecule has 80 valence electrons. The SMILES string of the molecule is CCC(C)CSCC(CBr)C(C)C. The second-order valence-electron chi connectivity index (χ2n) is 4.21. The van der Waals surface area contributed by atoms with Crippen molar-refractivity contribution in [2.75, 3.05) is 16.8 Å². The Morgan fingerprint density at radius 3 is 2.15 bits per heavy atom. The number of alkyl halides is 1. The van der Waals surface area contributed by atoms with Crippen molar-refractivity contribution in [1.82, 2.24) is 0 Å². The Hall–Kier alpha value is 0.830. The Kier molecular flexibility index (Phi) is 8.69. The third kappa shape index (κ3) is 6.84. The minimum Gasteiger partial charge on any atom is -0.161 e. The fraction of sp³-hybridized carbons (Fsp3) is 1.00. The Balaban J connectivity index is 3.49. The smallest absolute Gasteiger partial charge is 0.00699 e. The van der Waals surface area contributed by atoms with E-state index >= 15 is 0 Å². The van der Waals surface area contributed by atoms with Gasteiger partial charge in [-0.2, -0.15) is 11.8 Å². The van der Waals surface area contributed by atoms with Crippen LogP contribution in [0.1, 0.15) is 34.1 Å². The van der Waals surface area contributed by atoms with Crippen LogP contribution in [-0.2, 0) is 0 Å². The van der Waals surface area contributed by atoms with Gasteiger partial charge < -0.3 is 0 Å². The second-order valence-corrected chi connectivity index (χ2v) is 5.93. The Labute approximate surface area is 96.4 Å². The quantitative estimate of drug-likeness (QED) is 0.615. The lowest BCUT2D eigenvalue weighted by molar-refractivity contribution is 0.474. The molecular formula is C11H23BrS. The summed E-state index contributed by atoms with van der Waals surface area (Å²) in [4.78, 5) is 0. The van der Waals surface area contributed by atoms with E-state index in [-0.39, 0.29) is 0 Å². The number of halogens is 1. The zero-order valence-electron chi connectivity index (χ0n) is 9.35. The maximum atomic E-state index is 3.59. The molecule has 0 aliphatic carbocycles. The topological polar surface area (TPSA) is 0 Å². The molecule has 0 amide bonds. The van der Waals surface area contributed by atoms with E-state index in [2.05, 4.69) is 55.4 Å². The van der Waals surface area contributed by atoms with Gasteiger partial charge in [0.25, 0.3) is 0 Å². The molecule has 0 bridgehead atoms. The highest BCUT2D eigenvalue weighted by atomic mass is 79.9. The highest BCUT2D eigenvalue weighted by Crippen LogP contribution is 2.21. The highest BCUT2D eigenvalue weighted by Gasteiger charge is 2.11. The first kappa shape index (κ1) is 13.8. The Morgan fingerprint density at radius 1 is 1.15 bits per heavy atom. The summed E-state index contributed by atoms with van der Waals surface area (Å²) < 4.78 is 0. The lowest BCUT2D eigenvalue weighted by Gasteiger charge is -2.18. The number of rotatable bonds is 7. The molecule has 0 fully saturated rings. The molecule has 0 aromatic rings. The average Bonchev–Trinajstić information content (AvgIpc) is 2.11. The first-order chi connectivity index (χ1) is 6.11. The van der Waals surface area contributed by atoms with Crippen molar-refractivity contribution in [3.05, 3.63) is 0 Å². The van der Waals surface area contributed by atoms with Crippen LogP contribution in [0.15, 0.2) is 0 Å². The van der Waals surface area contributed by atoms with Crippen LogP contribution < -0.4 is 0 Å². The fourth-order valence-electron chi connectivity index (χ4n) is 0.954. The van der Waals surface area contributed by atoms with Crippen molar-refractivity contribution < 1.29 is 0 Å². The molecule has 0 nitrogen and oxygen atoms in total. The zero-order chi connectivity index (χ0) is 10.3. The van der Waals surface area contributed by atoms with Gasteiger partial charge in [0.1, 0.15) is 0 Å². The summed E-state index contributed by atoms with van der Waals surface area (Å²) in [5, 5.41) is 1.15. The van der Waals surface area contributed by atoms with E-state index in [0.717, 1.165) is 23.1 Å². The van der Waals surface area contributed by atoms with Crippen LogP contribution in [0.25, 0.3) is 0 Å². The molecule has 2 atom stereocenters. The van der Waals surface area contributed by atoms with E-state index in [4.69, 9.17) is 0 Å². The van der Waals surface area contributed by atoms with Crippen molar-refractivity contribution in [1.29, 1.82) is 0 Å². The third-order valence-electron chi connectivity index (χ3n) is 2.57. The predicted molar refractivity (Wildman–Crippen MR) is 68.9 cm³/mol. The second kappa shape index (κ2) is 8.16. The van der Waals surface area contributed by atoms with Crippen molar-refractivity contribution in [3.8, 4) is 0 Å². The van der Waals surface area contributed by atoms with E-state index in [1.807, 2.05) is 0 Å². The van der Waals surface area contributed by atoms with Gasteiger partial charge in [0, 0.05) is 5.33 Å². The van der Waals surface area contributed by atoms with Crippen LogP contribution in [0.2, 0.25) is 0 Å². The molecular weight excluding hydrogens is 244 g/mol. The van der Waals surface area contributed by atoms with Crippen molar-refractivity contribution in [3.63, 3.8) is 0 Å². The molecule has 0 spiro atoms. The molecule has 0 saturated heterocycles. The molecule has 0 N–H and O–H groups in total. The summed E-state index contributed by atoms with van der Waals surface area (Å²) in [6.45, 7) is 9.24. The molecule has 0 aromatic carbocycles. The van der Waals surface area contributed by atoms with Gasteiger partial charge in [-0.3, -0.25) is 0 Å². The first-order valence-corrected chi connectivity index (χ1v) is 7.53. The summed E-state index contributed by atoms with van der Waals surface area (Å²) in [6, 6.07) is 0. The largest absolute Gasteiger partial charge is 0.161 e. The van der Waals surface area contributed by atoms with Crippen molar-refractivity contribution in [2.45, 2.75) is 34.1 Å².